The van der Waals surface area contributed by atoms with E-state index in [2.05, 4.69) is 30.1 Å². The first kappa shape index (κ1) is 13.7. The number of nitrogens with zero attached hydrogens (tertiary/aromatic N) is 2. The molecule has 98 valence electrons. The lowest BCUT2D eigenvalue weighted by Crippen LogP contribution is -2.01. The highest BCUT2D eigenvalue weighted by molar-refractivity contribution is 7.12. The van der Waals surface area contributed by atoms with Crippen LogP contribution in [0.3, 0.4) is 0 Å². The molecule has 1 heterocycles. The van der Waals surface area contributed by atoms with Gasteiger partial charge in [-0.1, -0.05) is 37.6 Å². The third kappa shape index (κ3) is 3.19. The average molecular weight is 271 g/mol. The molecule has 0 aliphatic heterocycles. The molecule has 0 aliphatic carbocycles. The number of nitrogens with two attached hydrogens (primary N) is 1. The zero-order valence-corrected chi connectivity index (χ0v) is 11.8. The van der Waals surface area contributed by atoms with Crippen LogP contribution in [0.25, 0.3) is 11.3 Å². The highest BCUT2D eigenvalue weighted by atomic mass is 32.1. The number of aromatic nitrogens is 1. The van der Waals surface area contributed by atoms with Gasteiger partial charge in [0.25, 0.3) is 0 Å². The van der Waals surface area contributed by atoms with E-state index < -0.39 is 0 Å². The van der Waals surface area contributed by atoms with Crippen molar-refractivity contribution in [1.29, 1.82) is 5.26 Å². The monoisotopic (exact) mass is 271 g/mol. The van der Waals surface area contributed by atoms with Gasteiger partial charge in [0, 0.05) is 12.0 Å². The average Bonchev–Trinajstić information content (AvgIpc) is 2.83. The van der Waals surface area contributed by atoms with Gasteiger partial charge in [-0.25, -0.2) is 4.98 Å². The van der Waals surface area contributed by atoms with Crippen molar-refractivity contribution in [3.8, 4) is 17.3 Å². The molecular formula is C15H17N3S. The molecule has 0 saturated carbocycles. The van der Waals surface area contributed by atoms with Crippen LogP contribution in [0.1, 0.15) is 28.8 Å². The van der Waals surface area contributed by atoms with Crippen molar-refractivity contribution >= 4 is 11.3 Å². The highest BCUT2D eigenvalue weighted by Crippen LogP contribution is 2.28. The molecule has 0 bridgehead atoms. The Bertz CT molecular complexity index is 578. The van der Waals surface area contributed by atoms with Crippen molar-refractivity contribution < 1.29 is 0 Å². The van der Waals surface area contributed by atoms with Gasteiger partial charge in [-0.3, -0.25) is 0 Å². The van der Waals surface area contributed by atoms with Gasteiger partial charge >= 0.3 is 0 Å². The van der Waals surface area contributed by atoms with Crippen LogP contribution in [-0.2, 0) is 12.8 Å². The molecule has 0 radical (unpaired) electrons. The Hall–Kier alpha value is -1.70. The van der Waals surface area contributed by atoms with Crippen LogP contribution in [0.2, 0.25) is 0 Å². The summed E-state index contributed by atoms with van der Waals surface area (Å²) in [6.45, 7) is 2.73. The molecule has 2 N–H and O–H groups in total. The normalized spacial score (nSPS) is 10.4. The number of rotatable bonds is 5. The summed E-state index contributed by atoms with van der Waals surface area (Å²) < 4.78 is 0. The lowest BCUT2D eigenvalue weighted by Gasteiger charge is -2.01. The van der Waals surface area contributed by atoms with Crippen LogP contribution < -0.4 is 5.73 Å². The van der Waals surface area contributed by atoms with Crippen LogP contribution in [0.4, 0.5) is 0 Å². The van der Waals surface area contributed by atoms with Crippen LogP contribution in [0, 0.1) is 11.3 Å². The fourth-order valence-corrected chi connectivity index (χ4v) is 2.88. The summed E-state index contributed by atoms with van der Waals surface area (Å²) in [5.74, 6) is 0. The van der Waals surface area contributed by atoms with Crippen molar-refractivity contribution in [1.82, 2.24) is 4.98 Å². The summed E-state index contributed by atoms with van der Waals surface area (Å²) in [6.07, 6.45) is 2.95. The van der Waals surface area contributed by atoms with E-state index in [0.717, 1.165) is 35.5 Å². The van der Waals surface area contributed by atoms with Crippen LogP contribution in [0.5, 0.6) is 0 Å². The summed E-state index contributed by atoms with van der Waals surface area (Å²) in [5, 5.41) is 10.1. The fraction of sp³-hybridized carbons (Fsp3) is 0.333. The molecule has 0 atom stereocenters. The Morgan fingerprint density at radius 2 is 2.00 bits per heavy atom. The second-order valence-electron chi connectivity index (χ2n) is 4.38. The highest BCUT2D eigenvalue weighted by Gasteiger charge is 2.12. The summed E-state index contributed by atoms with van der Waals surface area (Å²) in [7, 11) is 0. The van der Waals surface area contributed by atoms with Crippen LogP contribution in [-0.4, -0.2) is 11.5 Å². The SMILES string of the molecule is CCCc1ccc(-c2nc(CCN)sc2C#N)cc1. The van der Waals surface area contributed by atoms with E-state index in [0.29, 0.717) is 11.4 Å². The zero-order chi connectivity index (χ0) is 13.7. The van der Waals surface area contributed by atoms with Crippen LogP contribution in [0.15, 0.2) is 24.3 Å². The maximum absolute atomic E-state index is 9.19. The van der Waals surface area contributed by atoms with Gasteiger partial charge in [-0.05, 0) is 18.5 Å². The van der Waals surface area contributed by atoms with E-state index in [-0.39, 0.29) is 0 Å². The Labute approximate surface area is 117 Å². The molecule has 2 aromatic rings. The number of thiazole rings is 1. The van der Waals surface area contributed by atoms with Crippen molar-refractivity contribution in [2.45, 2.75) is 26.2 Å². The predicted molar refractivity (Wildman–Crippen MR) is 79.0 cm³/mol. The molecule has 0 saturated heterocycles. The van der Waals surface area contributed by atoms with Gasteiger partial charge in [0.05, 0.1) is 10.7 Å². The molecule has 1 aromatic carbocycles. The first-order valence-electron chi connectivity index (χ1n) is 6.47. The smallest absolute Gasteiger partial charge is 0.132 e. The molecule has 4 heteroatoms. The van der Waals surface area contributed by atoms with Crippen molar-refractivity contribution in [2.24, 2.45) is 5.73 Å². The molecule has 3 nitrogen and oxygen atoms in total. The quantitative estimate of drug-likeness (QED) is 0.908. The van der Waals surface area contributed by atoms with Crippen molar-refractivity contribution in [3.63, 3.8) is 0 Å². The van der Waals surface area contributed by atoms with E-state index in [9.17, 15) is 5.26 Å². The van der Waals surface area contributed by atoms with Crippen molar-refractivity contribution in [3.05, 3.63) is 39.7 Å². The Morgan fingerprint density at radius 3 is 2.58 bits per heavy atom. The molecule has 19 heavy (non-hydrogen) atoms. The molecule has 0 fully saturated rings. The Kier molecular flexibility index (Phi) is 4.67. The van der Waals surface area contributed by atoms with E-state index in [1.165, 1.54) is 16.9 Å². The molecular weight excluding hydrogens is 254 g/mol. The third-order valence-electron chi connectivity index (χ3n) is 2.90. The van der Waals surface area contributed by atoms with Crippen LogP contribution >= 0.6 is 11.3 Å². The van der Waals surface area contributed by atoms with E-state index in [1.54, 1.807) is 0 Å². The Balaban J connectivity index is 2.32. The first-order chi connectivity index (χ1) is 9.28. The number of nitriles is 1. The summed E-state index contributed by atoms with van der Waals surface area (Å²) in [4.78, 5) is 5.21. The zero-order valence-electron chi connectivity index (χ0n) is 11.0. The van der Waals surface area contributed by atoms with Gasteiger partial charge in [0.1, 0.15) is 10.9 Å². The summed E-state index contributed by atoms with van der Waals surface area (Å²) in [5.41, 5.74) is 8.66. The number of aryl methyl sites for hydroxylation is 1. The number of hydrogen-bond donors (Lipinski definition) is 1. The molecule has 2 rings (SSSR count). The largest absolute Gasteiger partial charge is 0.330 e. The second-order valence-corrected chi connectivity index (χ2v) is 5.47. The lowest BCUT2D eigenvalue weighted by atomic mass is 10.1. The molecule has 0 aliphatic rings. The van der Waals surface area contributed by atoms with E-state index in [4.69, 9.17) is 5.73 Å². The number of benzene rings is 1. The molecule has 0 amide bonds. The maximum atomic E-state index is 9.19. The second kappa shape index (κ2) is 6.46. The summed E-state index contributed by atoms with van der Waals surface area (Å²) in [6, 6.07) is 10.6. The summed E-state index contributed by atoms with van der Waals surface area (Å²) >= 11 is 1.44. The molecule has 1 aromatic heterocycles. The molecule has 0 unspecified atom stereocenters. The van der Waals surface area contributed by atoms with E-state index in [1.807, 2.05) is 12.1 Å². The third-order valence-corrected chi connectivity index (χ3v) is 3.92. The van der Waals surface area contributed by atoms with Gasteiger partial charge in [-0.15, -0.1) is 11.3 Å². The number of hydrogen-bond acceptors (Lipinski definition) is 4. The predicted octanol–water partition coefficient (Wildman–Crippen LogP) is 3.14. The van der Waals surface area contributed by atoms with Gasteiger partial charge in [-0.2, -0.15) is 5.26 Å². The first-order valence-corrected chi connectivity index (χ1v) is 7.29. The van der Waals surface area contributed by atoms with Gasteiger partial charge in [0.15, 0.2) is 0 Å². The lowest BCUT2D eigenvalue weighted by molar-refractivity contribution is 0.922. The maximum Gasteiger partial charge on any atom is 0.132 e. The topological polar surface area (TPSA) is 62.7 Å². The van der Waals surface area contributed by atoms with Crippen molar-refractivity contribution in [2.75, 3.05) is 6.54 Å². The standard InChI is InChI=1S/C15H17N3S/c1-2-3-11-4-6-12(7-5-11)15-13(10-17)19-14(18-15)8-9-16/h4-7H,2-3,8-9,16H2,1H3. The minimum atomic E-state index is 0.563. The molecule has 0 spiro atoms. The van der Waals surface area contributed by atoms with E-state index >= 15 is 0 Å². The minimum Gasteiger partial charge on any atom is -0.330 e. The van der Waals surface area contributed by atoms with Gasteiger partial charge < -0.3 is 5.73 Å². The fourth-order valence-electron chi connectivity index (χ4n) is 1.98. The Morgan fingerprint density at radius 1 is 1.26 bits per heavy atom. The van der Waals surface area contributed by atoms with Gasteiger partial charge in [0.2, 0.25) is 0 Å². The minimum absolute atomic E-state index is 0.563.